The maximum absolute atomic E-state index is 13.2. The van der Waals surface area contributed by atoms with E-state index in [1.165, 1.54) is 4.90 Å². The summed E-state index contributed by atoms with van der Waals surface area (Å²) in [5.41, 5.74) is 5.28. The fraction of sp³-hybridized carbons (Fsp3) is 0.231. The molecule has 33 heavy (non-hydrogen) atoms. The van der Waals surface area contributed by atoms with Crippen molar-refractivity contribution in [2.45, 2.75) is 23.8 Å². The Morgan fingerprint density at radius 1 is 0.970 bits per heavy atom. The van der Waals surface area contributed by atoms with Gasteiger partial charge in [0.15, 0.2) is 0 Å². The molecule has 1 atom stereocenters. The van der Waals surface area contributed by atoms with Gasteiger partial charge in [0.2, 0.25) is 0 Å². The first-order chi connectivity index (χ1) is 16.0. The molecule has 1 aliphatic rings. The summed E-state index contributed by atoms with van der Waals surface area (Å²) in [5.74, 6) is -0.476. The van der Waals surface area contributed by atoms with Crippen LogP contribution in [0.5, 0.6) is 5.75 Å². The van der Waals surface area contributed by atoms with Crippen LogP contribution in [0.2, 0.25) is 5.32 Å². The Kier molecular flexibility index (Phi) is 7.01. The first kappa shape index (κ1) is 22.9. The Bertz CT molecular complexity index is 1100. The van der Waals surface area contributed by atoms with Crippen LogP contribution in [-0.2, 0) is 16.1 Å². The van der Waals surface area contributed by atoms with Gasteiger partial charge in [0.05, 0.1) is 0 Å². The fourth-order valence-electron chi connectivity index (χ4n) is 4.22. The van der Waals surface area contributed by atoms with Gasteiger partial charge in [-0.15, -0.1) is 0 Å². The van der Waals surface area contributed by atoms with E-state index in [-0.39, 0.29) is 24.4 Å². The molecule has 3 aromatic carbocycles. The number of rotatable bonds is 8. The Balaban J connectivity index is 1.55. The van der Waals surface area contributed by atoms with Gasteiger partial charge in [-0.3, -0.25) is 0 Å². The zero-order valence-electron chi connectivity index (χ0n) is 18.2. The van der Waals surface area contributed by atoms with Crippen molar-refractivity contribution >= 4 is 28.1 Å². The monoisotopic (exact) mass is 511 g/mol. The molecular weight excluding hydrogens is 485 g/mol. The van der Waals surface area contributed by atoms with Crippen molar-refractivity contribution < 1.29 is 24.2 Å². The number of aliphatic carboxylic acids is 1. The molecule has 4 rings (SSSR count). The number of carboxylic acids is 1. The molecule has 0 aromatic heterocycles. The molecule has 7 heteroatoms. The van der Waals surface area contributed by atoms with Gasteiger partial charge >= 0.3 is 201 Å². The van der Waals surface area contributed by atoms with Crippen LogP contribution in [0.15, 0.2) is 72.8 Å². The van der Waals surface area contributed by atoms with Crippen LogP contribution >= 0.6 is 0 Å². The molecule has 0 fully saturated rings. The Hall–Kier alpha value is -3.28. The average Bonchev–Trinajstić information content (AvgIpc) is 3.16. The summed E-state index contributed by atoms with van der Waals surface area (Å²) in [7, 11) is 1.58. The number of methoxy groups -OCH3 is 1. The van der Waals surface area contributed by atoms with Crippen molar-refractivity contribution in [2.75, 3.05) is 13.7 Å². The van der Waals surface area contributed by atoms with Crippen LogP contribution in [-0.4, -0.2) is 57.8 Å². The van der Waals surface area contributed by atoms with Gasteiger partial charge in [-0.2, -0.15) is 0 Å². The molecular formula is C26H25NO5Se. The third-order valence-corrected chi connectivity index (χ3v) is 6.64. The van der Waals surface area contributed by atoms with Crippen LogP contribution in [0.3, 0.4) is 0 Å². The zero-order chi connectivity index (χ0) is 23.4. The minimum atomic E-state index is -1.07. The number of hydrogen-bond donors (Lipinski definition) is 1. The van der Waals surface area contributed by atoms with Gasteiger partial charge in [-0.05, 0) is 0 Å². The summed E-state index contributed by atoms with van der Waals surface area (Å²) >= 11 is 2.24. The molecule has 170 valence electrons. The van der Waals surface area contributed by atoms with Crippen molar-refractivity contribution in [3.63, 3.8) is 0 Å². The summed E-state index contributed by atoms with van der Waals surface area (Å²) in [6, 6.07) is 22.4. The zero-order valence-corrected chi connectivity index (χ0v) is 20.1. The van der Waals surface area contributed by atoms with Crippen LogP contribution in [0, 0.1) is 0 Å². The van der Waals surface area contributed by atoms with Crippen LogP contribution in [0.4, 0.5) is 4.79 Å². The van der Waals surface area contributed by atoms with E-state index in [0.29, 0.717) is 5.75 Å². The number of fused-ring (bicyclic) bond motifs is 3. The first-order valence-electron chi connectivity index (χ1n) is 10.6. The van der Waals surface area contributed by atoms with Gasteiger partial charge in [0.25, 0.3) is 0 Å². The van der Waals surface area contributed by atoms with Crippen molar-refractivity contribution in [1.82, 2.24) is 4.90 Å². The predicted molar refractivity (Wildman–Crippen MR) is 127 cm³/mol. The Labute approximate surface area is 200 Å². The molecule has 3 aromatic rings. The minimum absolute atomic E-state index is 0.0927. The number of benzene rings is 3. The van der Waals surface area contributed by atoms with Crippen LogP contribution < -0.4 is 4.74 Å². The standard InChI is InChI=1S/C26H25NO5Se/c1-31-18-12-10-17(11-13-18)14-27(24(16-33)25(28)29)26(30)32-15-23-21-8-4-2-6-19(21)20-7-3-5-9-22(20)23/h2-13,23-24,33H,14-16H2,1H3,(H,28,29). The number of amides is 1. The summed E-state index contributed by atoms with van der Waals surface area (Å²) in [6.07, 6.45) is -0.647. The molecule has 0 saturated heterocycles. The molecule has 1 N–H and O–H groups in total. The van der Waals surface area contributed by atoms with E-state index in [0.717, 1.165) is 27.8 Å². The summed E-state index contributed by atoms with van der Waals surface area (Å²) in [6.45, 7) is 0.256. The first-order valence-corrected chi connectivity index (χ1v) is 11.9. The van der Waals surface area contributed by atoms with Crippen molar-refractivity contribution in [2.24, 2.45) is 0 Å². The van der Waals surface area contributed by atoms with E-state index in [4.69, 9.17) is 9.47 Å². The number of hydrogen-bond acceptors (Lipinski definition) is 4. The molecule has 6 nitrogen and oxygen atoms in total. The van der Waals surface area contributed by atoms with E-state index in [9.17, 15) is 14.7 Å². The van der Waals surface area contributed by atoms with E-state index in [1.807, 2.05) is 48.5 Å². The SMILES string of the molecule is COc1ccc(CN(C(=O)OCC2c3ccccc3-c3ccccc32)C(C[SeH])C(=O)O)cc1. The van der Waals surface area contributed by atoms with E-state index >= 15 is 0 Å². The van der Waals surface area contributed by atoms with E-state index < -0.39 is 18.1 Å². The summed E-state index contributed by atoms with van der Waals surface area (Å²) in [5, 5.41) is 9.92. The van der Waals surface area contributed by atoms with Gasteiger partial charge in [-0.1, -0.05) is 0 Å². The third-order valence-electron chi connectivity index (χ3n) is 5.92. The molecule has 1 aliphatic carbocycles. The van der Waals surface area contributed by atoms with Crippen molar-refractivity contribution in [3.05, 3.63) is 89.5 Å². The summed E-state index contributed by atoms with van der Waals surface area (Å²) in [4.78, 5) is 26.3. The topological polar surface area (TPSA) is 76.1 Å². The molecule has 1 amide bonds. The molecule has 0 heterocycles. The summed E-state index contributed by atoms with van der Waals surface area (Å²) < 4.78 is 10.9. The molecule has 0 bridgehead atoms. The molecule has 0 aliphatic heterocycles. The quantitative estimate of drug-likeness (QED) is 0.460. The number of carboxylic acid groups (broad SMARTS) is 1. The van der Waals surface area contributed by atoms with Gasteiger partial charge < -0.3 is 0 Å². The third kappa shape index (κ3) is 4.75. The second-order valence-corrected chi connectivity index (χ2v) is 8.58. The van der Waals surface area contributed by atoms with E-state index in [2.05, 4.69) is 28.1 Å². The average molecular weight is 510 g/mol. The van der Waals surface area contributed by atoms with Gasteiger partial charge in [-0.25, -0.2) is 0 Å². The number of nitrogens with zero attached hydrogens (tertiary/aromatic N) is 1. The number of carbonyl (C=O) groups is 2. The number of ether oxygens (including phenoxy) is 2. The molecule has 0 saturated carbocycles. The Morgan fingerprint density at radius 2 is 1.55 bits per heavy atom. The Morgan fingerprint density at radius 3 is 2.06 bits per heavy atom. The van der Waals surface area contributed by atoms with Crippen LogP contribution in [0.1, 0.15) is 22.6 Å². The normalized spacial score (nSPS) is 13.0. The maximum atomic E-state index is 13.2. The molecule has 0 radical (unpaired) electrons. The number of carbonyl (C=O) groups excluding carboxylic acids is 1. The second-order valence-electron chi connectivity index (χ2n) is 7.82. The molecule has 1 unspecified atom stereocenters. The van der Waals surface area contributed by atoms with Crippen molar-refractivity contribution in [3.8, 4) is 16.9 Å². The van der Waals surface area contributed by atoms with Crippen LogP contribution in [0.25, 0.3) is 11.1 Å². The van der Waals surface area contributed by atoms with Crippen molar-refractivity contribution in [1.29, 1.82) is 0 Å². The van der Waals surface area contributed by atoms with E-state index in [1.54, 1.807) is 19.2 Å². The van der Waals surface area contributed by atoms with Gasteiger partial charge in [0, 0.05) is 0 Å². The van der Waals surface area contributed by atoms with Gasteiger partial charge in [0.1, 0.15) is 0 Å². The predicted octanol–water partition coefficient (Wildman–Crippen LogP) is 4.22. The second kappa shape index (κ2) is 10.1. The fourth-order valence-corrected chi connectivity index (χ4v) is 4.96. The molecule has 0 spiro atoms.